The van der Waals surface area contributed by atoms with Gasteiger partial charge >= 0.3 is 0 Å². The molecule has 1 aliphatic rings. The van der Waals surface area contributed by atoms with Crippen LogP contribution in [0.3, 0.4) is 0 Å². The van der Waals surface area contributed by atoms with Crippen molar-refractivity contribution in [3.05, 3.63) is 77.9 Å². The minimum absolute atomic E-state index is 0.0942. The van der Waals surface area contributed by atoms with Crippen molar-refractivity contribution >= 4 is 22.4 Å². The van der Waals surface area contributed by atoms with Gasteiger partial charge in [0.15, 0.2) is 0 Å². The molecule has 0 saturated carbocycles. The highest BCUT2D eigenvalue weighted by molar-refractivity contribution is 5.90. The third-order valence-electron chi connectivity index (χ3n) is 6.00. The number of amides is 1. The standard InChI is InChI=1S/C26H31N3O/c1-28-16-18-29(19-17-28)24-13-11-21(12-14-24)6-5-15-27-26(30)20-23-9-4-8-22-7-2-3-10-25(22)23/h2-4,7-14H,5-6,15-20H2,1H3,(H,27,30). The van der Waals surface area contributed by atoms with Gasteiger partial charge in [-0.15, -0.1) is 0 Å². The van der Waals surface area contributed by atoms with Crippen molar-refractivity contribution in [2.24, 2.45) is 0 Å². The number of benzene rings is 3. The summed E-state index contributed by atoms with van der Waals surface area (Å²) in [5.41, 5.74) is 3.73. The number of carbonyl (C=O) groups is 1. The smallest absolute Gasteiger partial charge is 0.224 e. The lowest BCUT2D eigenvalue weighted by Gasteiger charge is -2.34. The summed E-state index contributed by atoms with van der Waals surface area (Å²) in [7, 11) is 2.18. The highest BCUT2D eigenvalue weighted by Crippen LogP contribution is 2.19. The van der Waals surface area contributed by atoms with Gasteiger partial charge in [0.05, 0.1) is 6.42 Å². The van der Waals surface area contributed by atoms with E-state index in [9.17, 15) is 4.79 Å². The topological polar surface area (TPSA) is 35.6 Å². The molecule has 0 atom stereocenters. The molecule has 0 aliphatic carbocycles. The van der Waals surface area contributed by atoms with Gasteiger partial charge in [-0.2, -0.15) is 0 Å². The zero-order valence-electron chi connectivity index (χ0n) is 17.8. The molecule has 4 heteroatoms. The number of nitrogens with zero attached hydrogens (tertiary/aromatic N) is 2. The lowest BCUT2D eigenvalue weighted by molar-refractivity contribution is -0.120. The Kier molecular flexibility index (Phi) is 6.65. The van der Waals surface area contributed by atoms with Crippen LogP contribution in [-0.2, 0) is 17.6 Å². The molecule has 3 aromatic carbocycles. The van der Waals surface area contributed by atoms with Crippen LogP contribution in [0.5, 0.6) is 0 Å². The molecule has 0 unspecified atom stereocenters. The summed E-state index contributed by atoms with van der Waals surface area (Å²) in [6.45, 7) is 5.15. The second-order valence-corrected chi connectivity index (χ2v) is 8.23. The number of anilines is 1. The van der Waals surface area contributed by atoms with Crippen LogP contribution >= 0.6 is 0 Å². The molecule has 1 amide bonds. The van der Waals surface area contributed by atoms with Gasteiger partial charge in [0.1, 0.15) is 0 Å². The van der Waals surface area contributed by atoms with E-state index in [0.29, 0.717) is 13.0 Å². The molecule has 1 N–H and O–H groups in total. The number of likely N-dealkylation sites (N-methyl/N-ethyl adjacent to an activating group) is 1. The van der Waals surface area contributed by atoms with E-state index >= 15 is 0 Å². The van der Waals surface area contributed by atoms with Crippen LogP contribution in [0, 0.1) is 0 Å². The lowest BCUT2D eigenvalue weighted by atomic mass is 10.0. The van der Waals surface area contributed by atoms with E-state index in [1.54, 1.807) is 0 Å². The van der Waals surface area contributed by atoms with E-state index in [1.165, 1.54) is 16.6 Å². The first kappa shape index (κ1) is 20.4. The molecule has 3 aromatic rings. The summed E-state index contributed by atoms with van der Waals surface area (Å²) in [5, 5.41) is 5.43. The Bertz CT molecular complexity index is 970. The van der Waals surface area contributed by atoms with Gasteiger partial charge < -0.3 is 15.1 Å². The van der Waals surface area contributed by atoms with Gasteiger partial charge in [-0.3, -0.25) is 4.79 Å². The predicted molar refractivity (Wildman–Crippen MR) is 125 cm³/mol. The molecule has 1 aliphatic heterocycles. The fraction of sp³-hybridized carbons (Fsp3) is 0.346. The van der Waals surface area contributed by atoms with Crippen LogP contribution in [0.25, 0.3) is 10.8 Å². The molecule has 0 spiro atoms. The fourth-order valence-electron chi connectivity index (χ4n) is 4.14. The molecule has 0 aromatic heterocycles. The van der Waals surface area contributed by atoms with E-state index in [1.807, 2.05) is 24.3 Å². The van der Waals surface area contributed by atoms with Gasteiger partial charge in [-0.1, -0.05) is 54.6 Å². The molecule has 4 rings (SSSR count). The van der Waals surface area contributed by atoms with E-state index in [0.717, 1.165) is 50.0 Å². The van der Waals surface area contributed by atoms with Crippen LogP contribution in [-0.4, -0.2) is 50.6 Å². The number of rotatable bonds is 7. The molecule has 1 saturated heterocycles. The molecule has 4 nitrogen and oxygen atoms in total. The monoisotopic (exact) mass is 401 g/mol. The average molecular weight is 402 g/mol. The molecule has 0 bridgehead atoms. The number of piperazine rings is 1. The Labute approximate surface area is 179 Å². The number of fused-ring (bicyclic) bond motifs is 1. The summed E-state index contributed by atoms with van der Waals surface area (Å²) in [4.78, 5) is 17.2. The second-order valence-electron chi connectivity index (χ2n) is 8.23. The summed E-state index contributed by atoms with van der Waals surface area (Å²) >= 11 is 0. The van der Waals surface area contributed by atoms with Gasteiger partial charge in [-0.25, -0.2) is 0 Å². The van der Waals surface area contributed by atoms with Gasteiger partial charge in [0.25, 0.3) is 0 Å². The molecule has 1 fully saturated rings. The molecule has 1 heterocycles. The third kappa shape index (κ3) is 5.19. The van der Waals surface area contributed by atoms with Crippen molar-refractivity contribution in [2.45, 2.75) is 19.3 Å². The highest BCUT2D eigenvalue weighted by Gasteiger charge is 2.14. The second kappa shape index (κ2) is 9.77. The maximum atomic E-state index is 12.4. The quantitative estimate of drug-likeness (QED) is 0.610. The van der Waals surface area contributed by atoms with Gasteiger partial charge in [-0.05, 0) is 53.9 Å². The zero-order chi connectivity index (χ0) is 20.8. The summed E-state index contributed by atoms with van der Waals surface area (Å²) in [5.74, 6) is 0.0942. The van der Waals surface area contributed by atoms with Crippen molar-refractivity contribution in [2.75, 3.05) is 44.7 Å². The lowest BCUT2D eigenvalue weighted by Crippen LogP contribution is -2.44. The number of hydrogen-bond donors (Lipinski definition) is 1. The van der Waals surface area contributed by atoms with Crippen LogP contribution in [0.15, 0.2) is 66.7 Å². The summed E-state index contributed by atoms with van der Waals surface area (Å²) < 4.78 is 0. The first-order valence-corrected chi connectivity index (χ1v) is 10.9. The number of nitrogens with one attached hydrogen (secondary N) is 1. The SMILES string of the molecule is CN1CCN(c2ccc(CCCNC(=O)Cc3cccc4ccccc34)cc2)CC1. The molecular weight excluding hydrogens is 370 g/mol. The van der Waals surface area contributed by atoms with E-state index in [4.69, 9.17) is 0 Å². The normalized spacial score (nSPS) is 14.8. The van der Waals surface area contributed by atoms with Gasteiger partial charge in [0.2, 0.25) is 5.91 Å². The van der Waals surface area contributed by atoms with E-state index in [2.05, 4.69) is 64.6 Å². The molecule has 30 heavy (non-hydrogen) atoms. The van der Waals surface area contributed by atoms with Crippen molar-refractivity contribution in [1.82, 2.24) is 10.2 Å². The van der Waals surface area contributed by atoms with E-state index in [-0.39, 0.29) is 5.91 Å². The van der Waals surface area contributed by atoms with Gasteiger partial charge in [0, 0.05) is 38.4 Å². The molecular formula is C26H31N3O. The Hall–Kier alpha value is -2.85. The Morgan fingerprint density at radius 2 is 1.63 bits per heavy atom. The largest absolute Gasteiger partial charge is 0.369 e. The average Bonchev–Trinajstić information content (AvgIpc) is 2.78. The minimum Gasteiger partial charge on any atom is -0.369 e. The zero-order valence-corrected chi connectivity index (χ0v) is 17.8. The van der Waals surface area contributed by atoms with E-state index < -0.39 is 0 Å². The van der Waals surface area contributed by atoms with Crippen molar-refractivity contribution in [1.29, 1.82) is 0 Å². The minimum atomic E-state index is 0.0942. The van der Waals surface area contributed by atoms with Crippen LogP contribution in [0.1, 0.15) is 17.5 Å². The van der Waals surface area contributed by atoms with Crippen molar-refractivity contribution in [3.63, 3.8) is 0 Å². The molecule has 156 valence electrons. The maximum absolute atomic E-state index is 12.4. The van der Waals surface area contributed by atoms with Crippen molar-refractivity contribution < 1.29 is 4.79 Å². The summed E-state index contributed by atoms with van der Waals surface area (Å²) in [6.07, 6.45) is 2.37. The van der Waals surface area contributed by atoms with Crippen molar-refractivity contribution in [3.8, 4) is 0 Å². The number of carbonyl (C=O) groups excluding carboxylic acids is 1. The first-order chi connectivity index (χ1) is 14.7. The predicted octanol–water partition coefficient (Wildman–Crippen LogP) is 3.88. The highest BCUT2D eigenvalue weighted by atomic mass is 16.1. The first-order valence-electron chi connectivity index (χ1n) is 10.9. The number of aryl methyl sites for hydroxylation is 1. The Balaban J connectivity index is 1.21. The molecule has 0 radical (unpaired) electrons. The fourth-order valence-corrected chi connectivity index (χ4v) is 4.14. The maximum Gasteiger partial charge on any atom is 0.224 e. The van der Waals surface area contributed by atoms with Crippen LogP contribution in [0.2, 0.25) is 0 Å². The Morgan fingerprint density at radius 3 is 2.43 bits per heavy atom. The number of hydrogen-bond acceptors (Lipinski definition) is 3. The van der Waals surface area contributed by atoms with Crippen LogP contribution < -0.4 is 10.2 Å². The van der Waals surface area contributed by atoms with Crippen LogP contribution in [0.4, 0.5) is 5.69 Å². The Morgan fingerprint density at radius 1 is 0.900 bits per heavy atom. The third-order valence-corrected chi connectivity index (χ3v) is 6.00. The summed E-state index contributed by atoms with van der Waals surface area (Å²) in [6, 6.07) is 23.3.